The summed E-state index contributed by atoms with van der Waals surface area (Å²) in [6.07, 6.45) is 16.0. The number of nitrogens with zero attached hydrogens (tertiary/aromatic N) is 1. The molecule has 4 aliphatic rings. The first kappa shape index (κ1) is 22.7. The van der Waals surface area contributed by atoms with Gasteiger partial charge in [-0.15, -0.1) is 0 Å². The lowest BCUT2D eigenvalue weighted by Gasteiger charge is -2.38. The number of benzene rings is 1. The van der Waals surface area contributed by atoms with Crippen LogP contribution in [-0.2, 0) is 20.7 Å². The zero-order valence-corrected chi connectivity index (χ0v) is 20.0. The second-order valence-electron chi connectivity index (χ2n) is 9.45. The van der Waals surface area contributed by atoms with Crippen LogP contribution in [0.1, 0.15) is 31.7 Å². The number of esters is 1. The second-order valence-corrected chi connectivity index (χ2v) is 9.45. The molecule has 5 nitrogen and oxygen atoms in total. The van der Waals surface area contributed by atoms with Gasteiger partial charge in [0.2, 0.25) is 0 Å². The van der Waals surface area contributed by atoms with Crippen LogP contribution in [0, 0.1) is 11.8 Å². The lowest BCUT2D eigenvalue weighted by molar-refractivity contribution is -0.137. The van der Waals surface area contributed by atoms with E-state index < -0.39 is 0 Å². The summed E-state index contributed by atoms with van der Waals surface area (Å²) in [5, 5.41) is 0. The molecule has 0 saturated carbocycles. The van der Waals surface area contributed by atoms with E-state index >= 15 is 0 Å². The number of carbonyl (C=O) groups excluding carboxylic acids is 1. The third-order valence-electron chi connectivity index (χ3n) is 7.05. The molecular formula is C29H33NO4. The molecule has 178 valence electrons. The minimum absolute atomic E-state index is 0.0501. The summed E-state index contributed by atoms with van der Waals surface area (Å²) in [5.41, 5.74) is 3.14. The maximum atomic E-state index is 13.2. The number of allylic oxidation sites excluding steroid dienone is 7. The molecule has 0 aromatic heterocycles. The zero-order chi connectivity index (χ0) is 23.5. The SMILES string of the molecule is CCCN1CC(Oc2ccc(CC3=C(C4C=CC=CC4)C(=O)OC4=CC(OC)=CCC43)cc2)C1. The Hall–Kier alpha value is -3.05. The highest BCUT2D eigenvalue weighted by molar-refractivity contribution is 5.93. The number of methoxy groups -OCH3 is 1. The smallest absolute Gasteiger partial charge is 0.339 e. The number of ether oxygens (including phenoxy) is 3. The summed E-state index contributed by atoms with van der Waals surface area (Å²) < 4.78 is 17.4. The molecule has 5 heteroatoms. The fraction of sp³-hybridized carbons (Fsp3) is 0.414. The van der Waals surface area contributed by atoms with E-state index in [1.165, 1.54) is 12.0 Å². The summed E-state index contributed by atoms with van der Waals surface area (Å²) in [7, 11) is 1.64. The van der Waals surface area contributed by atoms with Crippen LogP contribution in [0.25, 0.3) is 0 Å². The van der Waals surface area contributed by atoms with E-state index in [1.54, 1.807) is 7.11 Å². The molecule has 1 aromatic rings. The number of fused-ring (bicyclic) bond motifs is 1. The number of likely N-dealkylation sites (tertiary alicyclic amines) is 1. The van der Waals surface area contributed by atoms with Crippen LogP contribution in [0.4, 0.5) is 0 Å². The molecule has 2 atom stereocenters. The molecule has 5 rings (SSSR count). The van der Waals surface area contributed by atoms with E-state index in [0.29, 0.717) is 12.2 Å². The van der Waals surface area contributed by atoms with Crippen molar-refractivity contribution in [3.8, 4) is 5.75 Å². The largest absolute Gasteiger partial charge is 0.497 e. The Morgan fingerprint density at radius 2 is 1.94 bits per heavy atom. The van der Waals surface area contributed by atoms with Crippen LogP contribution in [0.2, 0.25) is 0 Å². The van der Waals surface area contributed by atoms with Gasteiger partial charge in [0.25, 0.3) is 0 Å². The average molecular weight is 460 g/mol. The van der Waals surface area contributed by atoms with E-state index in [1.807, 2.05) is 18.2 Å². The lowest BCUT2D eigenvalue weighted by Crippen LogP contribution is -2.53. The second kappa shape index (κ2) is 10.1. The van der Waals surface area contributed by atoms with E-state index in [9.17, 15) is 4.79 Å². The van der Waals surface area contributed by atoms with E-state index in [0.717, 1.165) is 55.1 Å². The molecular weight excluding hydrogens is 426 g/mol. The topological polar surface area (TPSA) is 48.0 Å². The van der Waals surface area contributed by atoms with Gasteiger partial charge in [0.1, 0.15) is 23.4 Å². The summed E-state index contributed by atoms with van der Waals surface area (Å²) in [5.74, 6) is 2.22. The highest BCUT2D eigenvalue weighted by atomic mass is 16.5. The van der Waals surface area contributed by atoms with Crippen LogP contribution in [0.3, 0.4) is 0 Å². The van der Waals surface area contributed by atoms with E-state index in [2.05, 4.69) is 54.3 Å². The average Bonchev–Trinajstić information content (AvgIpc) is 2.84. The first-order chi connectivity index (χ1) is 16.6. The molecule has 2 aliphatic carbocycles. The Bertz CT molecular complexity index is 1070. The third-order valence-corrected chi connectivity index (χ3v) is 7.05. The molecule has 2 heterocycles. The van der Waals surface area contributed by atoms with Crippen LogP contribution >= 0.6 is 0 Å². The van der Waals surface area contributed by atoms with Gasteiger partial charge in [0.15, 0.2) is 0 Å². The highest BCUT2D eigenvalue weighted by Gasteiger charge is 2.37. The van der Waals surface area contributed by atoms with Crippen molar-refractivity contribution in [2.45, 2.75) is 38.7 Å². The Kier molecular flexibility index (Phi) is 6.73. The standard InChI is InChI=1S/C29H33NO4/c1-3-15-30-18-24(19-30)33-22-11-9-20(10-12-22)16-26-25-14-13-23(32-2)17-27(25)34-29(31)28(26)21-7-5-4-6-8-21/h4-7,9-13,17,21,24-25H,3,8,14-16,18-19H2,1-2H3. The minimum Gasteiger partial charge on any atom is -0.497 e. The normalized spacial score (nSPS) is 24.7. The Labute approximate surface area is 202 Å². The van der Waals surface area contributed by atoms with Gasteiger partial charge in [-0.05, 0) is 61.6 Å². The fourth-order valence-corrected chi connectivity index (χ4v) is 5.28. The lowest BCUT2D eigenvalue weighted by atomic mass is 9.77. The van der Waals surface area contributed by atoms with Gasteiger partial charge in [-0.2, -0.15) is 0 Å². The number of hydrogen-bond acceptors (Lipinski definition) is 5. The molecule has 2 aliphatic heterocycles. The summed E-state index contributed by atoms with van der Waals surface area (Å²) in [4.78, 5) is 15.6. The van der Waals surface area contributed by atoms with Crippen molar-refractivity contribution in [2.24, 2.45) is 11.8 Å². The van der Waals surface area contributed by atoms with Crippen molar-refractivity contribution >= 4 is 5.97 Å². The van der Waals surface area contributed by atoms with Gasteiger partial charge in [0, 0.05) is 36.6 Å². The van der Waals surface area contributed by atoms with Crippen LogP contribution < -0.4 is 4.74 Å². The Morgan fingerprint density at radius 1 is 1.12 bits per heavy atom. The first-order valence-corrected chi connectivity index (χ1v) is 12.4. The number of rotatable bonds is 8. The first-order valence-electron chi connectivity index (χ1n) is 12.4. The summed E-state index contributed by atoms with van der Waals surface area (Å²) in [6, 6.07) is 8.37. The number of hydrogen-bond donors (Lipinski definition) is 0. The zero-order valence-electron chi connectivity index (χ0n) is 20.0. The van der Waals surface area contributed by atoms with Crippen molar-refractivity contribution in [2.75, 3.05) is 26.7 Å². The van der Waals surface area contributed by atoms with Crippen molar-refractivity contribution in [1.82, 2.24) is 4.90 Å². The van der Waals surface area contributed by atoms with Gasteiger partial charge in [0.05, 0.1) is 7.11 Å². The van der Waals surface area contributed by atoms with Crippen molar-refractivity contribution in [3.05, 3.63) is 88.9 Å². The van der Waals surface area contributed by atoms with E-state index in [4.69, 9.17) is 14.2 Å². The Balaban J connectivity index is 1.36. The predicted octanol–water partition coefficient (Wildman–Crippen LogP) is 5.12. The molecule has 0 N–H and O–H groups in total. The maximum Gasteiger partial charge on any atom is 0.339 e. The van der Waals surface area contributed by atoms with Crippen LogP contribution in [0.5, 0.6) is 5.75 Å². The molecule has 0 spiro atoms. The molecule has 34 heavy (non-hydrogen) atoms. The Morgan fingerprint density at radius 3 is 2.65 bits per heavy atom. The molecule has 0 amide bonds. The summed E-state index contributed by atoms with van der Waals surface area (Å²) in [6.45, 7) is 5.36. The molecule has 1 fully saturated rings. The van der Waals surface area contributed by atoms with Crippen LogP contribution in [-0.4, -0.2) is 43.7 Å². The number of carbonyl (C=O) groups is 1. The van der Waals surface area contributed by atoms with Gasteiger partial charge < -0.3 is 14.2 Å². The summed E-state index contributed by atoms with van der Waals surface area (Å²) >= 11 is 0. The van der Waals surface area contributed by atoms with Crippen molar-refractivity contribution in [3.63, 3.8) is 0 Å². The highest BCUT2D eigenvalue weighted by Crippen LogP contribution is 2.42. The quantitative estimate of drug-likeness (QED) is 0.505. The third kappa shape index (κ3) is 4.76. The molecule has 0 radical (unpaired) electrons. The fourth-order valence-electron chi connectivity index (χ4n) is 5.28. The van der Waals surface area contributed by atoms with Crippen molar-refractivity contribution in [1.29, 1.82) is 0 Å². The maximum absolute atomic E-state index is 13.2. The van der Waals surface area contributed by atoms with Gasteiger partial charge >= 0.3 is 5.97 Å². The van der Waals surface area contributed by atoms with Gasteiger partial charge in [-0.25, -0.2) is 4.79 Å². The molecule has 1 saturated heterocycles. The van der Waals surface area contributed by atoms with Gasteiger partial charge in [-0.1, -0.05) is 43.4 Å². The van der Waals surface area contributed by atoms with Crippen molar-refractivity contribution < 1.29 is 19.0 Å². The minimum atomic E-state index is -0.235. The monoisotopic (exact) mass is 459 g/mol. The van der Waals surface area contributed by atoms with Crippen LogP contribution in [0.15, 0.2) is 83.4 Å². The molecule has 1 aromatic carbocycles. The predicted molar refractivity (Wildman–Crippen MR) is 132 cm³/mol. The molecule has 0 bridgehead atoms. The molecule has 2 unspecified atom stereocenters. The van der Waals surface area contributed by atoms with E-state index in [-0.39, 0.29) is 23.9 Å². The van der Waals surface area contributed by atoms with Gasteiger partial charge in [-0.3, -0.25) is 4.90 Å².